The molecule has 0 heterocycles. The highest BCUT2D eigenvalue weighted by atomic mass is 35.5. The summed E-state index contributed by atoms with van der Waals surface area (Å²) in [5.74, 6) is -2.11. The zero-order valence-electron chi connectivity index (χ0n) is 15.2. The van der Waals surface area contributed by atoms with E-state index in [4.69, 9.17) is 21.1 Å². The number of ether oxygens (including phenoxy) is 2. The molecule has 1 atom stereocenters. The Hall–Kier alpha value is -2.61. The molecule has 2 N–H and O–H groups in total. The standard InChI is InChI=1S/C18H23ClN2O6/c1-3-26-16(23)9-6-10-20-15(22)11-27-18(25)12(2)21-17(24)13-7-4-5-8-14(13)19/h4-5,7-8,12H,3,6,9-11H2,1-2H3,(H,20,22)(H,21,24)/t12-/m0/s1. The number of carbonyl (C=O) groups is 4. The van der Waals surface area contributed by atoms with Crippen molar-refractivity contribution in [3.05, 3.63) is 34.9 Å². The van der Waals surface area contributed by atoms with E-state index in [9.17, 15) is 19.2 Å². The van der Waals surface area contributed by atoms with Gasteiger partial charge in [-0.3, -0.25) is 14.4 Å². The van der Waals surface area contributed by atoms with Crippen LogP contribution < -0.4 is 10.6 Å². The second kappa shape index (κ2) is 11.9. The summed E-state index contributed by atoms with van der Waals surface area (Å²) >= 11 is 5.92. The Kier molecular flexibility index (Phi) is 9.89. The fourth-order valence-electron chi connectivity index (χ4n) is 1.99. The highest BCUT2D eigenvalue weighted by Crippen LogP contribution is 2.14. The average Bonchev–Trinajstić information content (AvgIpc) is 2.63. The fourth-order valence-corrected chi connectivity index (χ4v) is 2.21. The number of carbonyl (C=O) groups excluding carboxylic acids is 4. The molecule has 0 aromatic heterocycles. The van der Waals surface area contributed by atoms with Crippen molar-refractivity contribution < 1.29 is 28.7 Å². The zero-order chi connectivity index (χ0) is 20.2. The molecule has 8 nitrogen and oxygen atoms in total. The zero-order valence-corrected chi connectivity index (χ0v) is 16.0. The lowest BCUT2D eigenvalue weighted by Crippen LogP contribution is -2.41. The molecule has 0 aliphatic heterocycles. The average molecular weight is 399 g/mol. The van der Waals surface area contributed by atoms with Gasteiger partial charge in [-0.2, -0.15) is 0 Å². The number of amides is 2. The first kappa shape index (κ1) is 22.4. The second-order valence-electron chi connectivity index (χ2n) is 5.54. The lowest BCUT2D eigenvalue weighted by Gasteiger charge is -2.14. The van der Waals surface area contributed by atoms with Crippen LogP contribution in [0.15, 0.2) is 24.3 Å². The molecule has 9 heteroatoms. The van der Waals surface area contributed by atoms with Crippen LogP contribution in [0, 0.1) is 0 Å². The predicted molar refractivity (Wildman–Crippen MR) is 98.2 cm³/mol. The molecule has 27 heavy (non-hydrogen) atoms. The smallest absolute Gasteiger partial charge is 0.328 e. The van der Waals surface area contributed by atoms with Gasteiger partial charge in [0, 0.05) is 13.0 Å². The van der Waals surface area contributed by atoms with Gasteiger partial charge in [0.05, 0.1) is 17.2 Å². The molecule has 1 rings (SSSR count). The quantitative estimate of drug-likeness (QED) is 0.456. The maximum absolute atomic E-state index is 12.1. The molecule has 0 unspecified atom stereocenters. The molecule has 148 valence electrons. The van der Waals surface area contributed by atoms with Crippen molar-refractivity contribution in [1.29, 1.82) is 0 Å². The third-order valence-corrected chi connectivity index (χ3v) is 3.68. The van der Waals surface area contributed by atoms with E-state index >= 15 is 0 Å². The van der Waals surface area contributed by atoms with Crippen LogP contribution in [0.4, 0.5) is 0 Å². The summed E-state index contributed by atoms with van der Waals surface area (Å²) < 4.78 is 9.62. The Morgan fingerprint density at radius 1 is 1.15 bits per heavy atom. The fraction of sp³-hybridized carbons (Fsp3) is 0.444. The van der Waals surface area contributed by atoms with E-state index in [1.165, 1.54) is 13.0 Å². The maximum Gasteiger partial charge on any atom is 0.328 e. The van der Waals surface area contributed by atoms with Crippen molar-refractivity contribution in [2.45, 2.75) is 32.7 Å². The molecule has 0 radical (unpaired) electrons. The Morgan fingerprint density at radius 2 is 1.85 bits per heavy atom. The number of nitrogens with one attached hydrogen (secondary N) is 2. The molecule has 0 spiro atoms. The van der Waals surface area contributed by atoms with Gasteiger partial charge in [-0.15, -0.1) is 0 Å². The molecule has 2 amide bonds. The van der Waals surface area contributed by atoms with Gasteiger partial charge in [0.1, 0.15) is 6.04 Å². The third kappa shape index (κ3) is 8.54. The summed E-state index contributed by atoms with van der Waals surface area (Å²) in [4.78, 5) is 46.7. The van der Waals surface area contributed by atoms with Gasteiger partial charge in [0.15, 0.2) is 6.61 Å². The molecule has 0 bridgehead atoms. The molecule has 0 fully saturated rings. The van der Waals surface area contributed by atoms with E-state index in [2.05, 4.69) is 10.6 Å². The SMILES string of the molecule is CCOC(=O)CCCNC(=O)COC(=O)[C@H](C)NC(=O)c1ccccc1Cl. The maximum atomic E-state index is 12.1. The lowest BCUT2D eigenvalue weighted by atomic mass is 10.2. The molecule has 0 aliphatic carbocycles. The molecule has 0 saturated heterocycles. The van der Waals surface area contributed by atoms with E-state index in [0.29, 0.717) is 13.0 Å². The van der Waals surface area contributed by atoms with Crippen LogP contribution in [0.1, 0.15) is 37.0 Å². The largest absolute Gasteiger partial charge is 0.466 e. The molecular formula is C18H23ClN2O6. The first-order valence-electron chi connectivity index (χ1n) is 8.49. The molecular weight excluding hydrogens is 376 g/mol. The third-order valence-electron chi connectivity index (χ3n) is 3.35. The van der Waals surface area contributed by atoms with Gasteiger partial charge >= 0.3 is 11.9 Å². The van der Waals surface area contributed by atoms with E-state index < -0.39 is 30.4 Å². The van der Waals surface area contributed by atoms with Crippen molar-refractivity contribution >= 4 is 35.4 Å². The molecule has 0 aliphatic rings. The topological polar surface area (TPSA) is 111 Å². The van der Waals surface area contributed by atoms with Gasteiger partial charge in [-0.1, -0.05) is 23.7 Å². The minimum absolute atomic E-state index is 0.193. The first-order chi connectivity index (χ1) is 12.8. The highest BCUT2D eigenvalue weighted by Gasteiger charge is 2.20. The number of rotatable bonds is 10. The van der Waals surface area contributed by atoms with Gasteiger partial charge in [-0.25, -0.2) is 4.79 Å². The Morgan fingerprint density at radius 3 is 2.52 bits per heavy atom. The van der Waals surface area contributed by atoms with Crippen LogP contribution in [0.3, 0.4) is 0 Å². The van der Waals surface area contributed by atoms with Crippen LogP contribution in [-0.2, 0) is 23.9 Å². The number of hydrogen-bond acceptors (Lipinski definition) is 6. The van der Waals surface area contributed by atoms with Crippen molar-refractivity contribution in [1.82, 2.24) is 10.6 Å². The lowest BCUT2D eigenvalue weighted by molar-refractivity contribution is -0.150. The van der Waals surface area contributed by atoms with Crippen LogP contribution in [0.5, 0.6) is 0 Å². The van der Waals surface area contributed by atoms with Crippen molar-refractivity contribution in [3.63, 3.8) is 0 Å². The number of esters is 2. The normalized spacial score (nSPS) is 11.2. The Bertz CT molecular complexity index is 680. The highest BCUT2D eigenvalue weighted by molar-refractivity contribution is 6.33. The summed E-state index contributed by atoms with van der Waals surface area (Å²) in [6.45, 7) is 3.24. The van der Waals surface area contributed by atoms with E-state index in [1.54, 1.807) is 25.1 Å². The summed E-state index contributed by atoms with van der Waals surface area (Å²) in [7, 11) is 0. The second-order valence-corrected chi connectivity index (χ2v) is 5.95. The minimum Gasteiger partial charge on any atom is -0.466 e. The van der Waals surface area contributed by atoms with E-state index in [-0.39, 0.29) is 29.5 Å². The van der Waals surface area contributed by atoms with Gasteiger partial charge in [-0.05, 0) is 32.4 Å². The Balaban J connectivity index is 2.28. The van der Waals surface area contributed by atoms with Crippen molar-refractivity contribution in [2.75, 3.05) is 19.8 Å². The number of halogens is 1. The van der Waals surface area contributed by atoms with Crippen LogP contribution >= 0.6 is 11.6 Å². The summed E-state index contributed by atoms with van der Waals surface area (Å²) in [6, 6.07) is 5.47. The predicted octanol–water partition coefficient (Wildman–Crippen LogP) is 1.46. The van der Waals surface area contributed by atoms with Gasteiger partial charge in [0.25, 0.3) is 11.8 Å². The van der Waals surface area contributed by atoms with E-state index in [1.807, 2.05) is 0 Å². The van der Waals surface area contributed by atoms with Crippen LogP contribution in [-0.4, -0.2) is 49.6 Å². The monoisotopic (exact) mass is 398 g/mol. The summed E-state index contributed by atoms with van der Waals surface area (Å²) in [6.07, 6.45) is 0.613. The molecule has 1 aromatic rings. The summed E-state index contributed by atoms with van der Waals surface area (Å²) in [5, 5.41) is 5.24. The van der Waals surface area contributed by atoms with Gasteiger partial charge in [0.2, 0.25) is 0 Å². The van der Waals surface area contributed by atoms with Crippen molar-refractivity contribution in [3.8, 4) is 0 Å². The number of benzene rings is 1. The minimum atomic E-state index is -0.953. The summed E-state index contributed by atoms with van der Waals surface area (Å²) in [5.41, 5.74) is 0.234. The molecule has 0 saturated carbocycles. The van der Waals surface area contributed by atoms with Crippen LogP contribution in [0.25, 0.3) is 0 Å². The van der Waals surface area contributed by atoms with Crippen molar-refractivity contribution in [2.24, 2.45) is 0 Å². The van der Waals surface area contributed by atoms with E-state index in [0.717, 1.165) is 0 Å². The number of hydrogen-bond donors (Lipinski definition) is 2. The first-order valence-corrected chi connectivity index (χ1v) is 8.87. The van der Waals surface area contributed by atoms with Crippen LogP contribution in [0.2, 0.25) is 5.02 Å². The van der Waals surface area contributed by atoms with Gasteiger partial charge < -0.3 is 20.1 Å². The Labute approximate surface area is 162 Å². The molecule has 1 aromatic carbocycles.